The maximum atomic E-state index is 12.7. The van der Waals surface area contributed by atoms with E-state index in [0.717, 1.165) is 27.7 Å². The second-order valence-electron chi connectivity index (χ2n) is 8.17. The molecule has 158 valence electrons. The van der Waals surface area contributed by atoms with Crippen molar-refractivity contribution in [2.75, 3.05) is 37.0 Å². The number of amides is 1. The van der Waals surface area contributed by atoms with Crippen molar-refractivity contribution in [2.45, 2.75) is 12.3 Å². The minimum absolute atomic E-state index is 0.0423. The lowest BCUT2D eigenvalue weighted by Crippen LogP contribution is -2.34. The molecular formula is C23H27N3O3S. The van der Waals surface area contributed by atoms with Gasteiger partial charge in [0.1, 0.15) is 0 Å². The standard InChI is InChI=1S/C23H27N3O3S/c1-26(2)18-9-7-16(8-10-18)20(21-14-24-22-6-4-3-5-19(21)22)13-25-23(27)17-11-12-30(28,29)15-17/h3-10,14,17,20,24H,11-13,15H2,1-2H3,(H,25,27)/t17-,20-/m1/s1. The Bertz CT molecular complexity index is 1150. The summed E-state index contributed by atoms with van der Waals surface area (Å²) in [6, 6.07) is 16.4. The van der Waals surface area contributed by atoms with E-state index >= 15 is 0 Å². The summed E-state index contributed by atoms with van der Waals surface area (Å²) < 4.78 is 23.5. The van der Waals surface area contributed by atoms with Crippen LogP contribution in [0.15, 0.2) is 54.7 Å². The fourth-order valence-corrected chi connectivity index (χ4v) is 5.88. The van der Waals surface area contributed by atoms with Crippen LogP contribution in [0.1, 0.15) is 23.5 Å². The lowest BCUT2D eigenvalue weighted by Gasteiger charge is -2.21. The second-order valence-corrected chi connectivity index (χ2v) is 10.4. The second kappa shape index (κ2) is 8.14. The predicted octanol–water partition coefficient (Wildman–Crippen LogP) is 2.92. The van der Waals surface area contributed by atoms with Gasteiger partial charge in [-0.05, 0) is 35.7 Å². The summed E-state index contributed by atoms with van der Waals surface area (Å²) in [6.45, 7) is 0.415. The van der Waals surface area contributed by atoms with Gasteiger partial charge in [-0.2, -0.15) is 0 Å². The Kier molecular flexibility index (Phi) is 5.56. The van der Waals surface area contributed by atoms with Crippen LogP contribution in [-0.2, 0) is 14.6 Å². The third-order valence-corrected chi connectivity index (χ3v) is 7.66. The molecule has 30 heavy (non-hydrogen) atoms. The number of anilines is 1. The highest BCUT2D eigenvalue weighted by molar-refractivity contribution is 7.91. The van der Waals surface area contributed by atoms with Crippen LogP contribution >= 0.6 is 0 Å². The van der Waals surface area contributed by atoms with Crippen molar-refractivity contribution in [3.05, 3.63) is 65.9 Å². The highest BCUT2D eigenvalue weighted by Crippen LogP contribution is 2.31. The fraction of sp³-hybridized carbons (Fsp3) is 0.348. The molecule has 1 aliphatic rings. The van der Waals surface area contributed by atoms with Crippen LogP contribution in [-0.4, -0.2) is 51.5 Å². The number of hydrogen-bond acceptors (Lipinski definition) is 4. The molecule has 0 aliphatic carbocycles. The van der Waals surface area contributed by atoms with Gasteiger partial charge in [0, 0.05) is 49.3 Å². The van der Waals surface area contributed by atoms with Gasteiger partial charge >= 0.3 is 0 Å². The Hall–Kier alpha value is -2.80. The van der Waals surface area contributed by atoms with E-state index in [9.17, 15) is 13.2 Å². The smallest absolute Gasteiger partial charge is 0.224 e. The third-order valence-electron chi connectivity index (χ3n) is 5.89. The van der Waals surface area contributed by atoms with Gasteiger partial charge < -0.3 is 15.2 Å². The maximum Gasteiger partial charge on any atom is 0.224 e. The molecule has 0 spiro atoms. The average molecular weight is 426 g/mol. The topological polar surface area (TPSA) is 82.3 Å². The summed E-state index contributed by atoms with van der Waals surface area (Å²) in [7, 11) is 0.917. The molecule has 1 fully saturated rings. The van der Waals surface area contributed by atoms with Crippen LogP contribution in [0, 0.1) is 5.92 Å². The first-order chi connectivity index (χ1) is 14.3. The van der Waals surface area contributed by atoms with E-state index in [2.05, 4.69) is 40.6 Å². The van der Waals surface area contributed by atoms with Crippen molar-refractivity contribution in [1.82, 2.24) is 10.3 Å². The molecule has 0 unspecified atom stereocenters. The number of hydrogen-bond donors (Lipinski definition) is 2. The van der Waals surface area contributed by atoms with Gasteiger partial charge in [-0.3, -0.25) is 4.79 Å². The molecule has 0 saturated carbocycles. The number of nitrogens with one attached hydrogen (secondary N) is 2. The number of fused-ring (bicyclic) bond motifs is 1. The zero-order valence-electron chi connectivity index (χ0n) is 17.3. The molecule has 7 heteroatoms. The zero-order valence-corrected chi connectivity index (χ0v) is 18.1. The molecule has 3 aromatic rings. The Balaban J connectivity index is 1.61. The van der Waals surface area contributed by atoms with Crippen molar-refractivity contribution in [1.29, 1.82) is 0 Å². The van der Waals surface area contributed by atoms with E-state index in [1.807, 2.05) is 43.4 Å². The molecule has 2 aromatic carbocycles. The molecule has 1 amide bonds. The molecule has 1 aromatic heterocycles. The number of aromatic amines is 1. The van der Waals surface area contributed by atoms with Crippen LogP contribution in [0.3, 0.4) is 0 Å². The number of aromatic nitrogens is 1. The van der Waals surface area contributed by atoms with E-state index < -0.39 is 15.8 Å². The number of nitrogens with zero attached hydrogens (tertiary/aromatic N) is 1. The normalized spacial score (nSPS) is 18.9. The van der Waals surface area contributed by atoms with Gasteiger partial charge in [0.05, 0.1) is 17.4 Å². The van der Waals surface area contributed by atoms with Crippen LogP contribution in [0.25, 0.3) is 10.9 Å². The van der Waals surface area contributed by atoms with Gasteiger partial charge in [-0.25, -0.2) is 8.42 Å². The number of sulfone groups is 1. The van der Waals surface area contributed by atoms with E-state index in [0.29, 0.717) is 13.0 Å². The monoisotopic (exact) mass is 425 g/mol. The number of carbonyl (C=O) groups is 1. The molecule has 0 radical (unpaired) electrons. The van der Waals surface area contributed by atoms with Crippen molar-refractivity contribution in [3.63, 3.8) is 0 Å². The predicted molar refractivity (Wildman–Crippen MR) is 121 cm³/mol. The molecule has 0 bridgehead atoms. The molecule has 2 heterocycles. The van der Waals surface area contributed by atoms with Gasteiger partial charge in [0.2, 0.25) is 5.91 Å². The molecule has 2 atom stereocenters. The summed E-state index contributed by atoms with van der Waals surface area (Å²) in [5.74, 6) is -0.614. The summed E-state index contributed by atoms with van der Waals surface area (Å²) >= 11 is 0. The van der Waals surface area contributed by atoms with Crippen LogP contribution in [0.2, 0.25) is 0 Å². The van der Waals surface area contributed by atoms with Crippen molar-refractivity contribution < 1.29 is 13.2 Å². The first-order valence-corrected chi connectivity index (χ1v) is 12.0. The quantitative estimate of drug-likeness (QED) is 0.636. The maximum absolute atomic E-state index is 12.7. The fourth-order valence-electron chi connectivity index (χ4n) is 4.14. The van der Waals surface area contributed by atoms with Gasteiger partial charge in [0.25, 0.3) is 0 Å². The lowest BCUT2D eigenvalue weighted by atomic mass is 9.90. The van der Waals surface area contributed by atoms with E-state index in [1.54, 1.807) is 0 Å². The highest BCUT2D eigenvalue weighted by Gasteiger charge is 2.33. The van der Waals surface area contributed by atoms with Crippen molar-refractivity contribution >= 4 is 32.3 Å². The van der Waals surface area contributed by atoms with E-state index in [4.69, 9.17) is 0 Å². The van der Waals surface area contributed by atoms with Crippen LogP contribution in [0.4, 0.5) is 5.69 Å². The zero-order chi connectivity index (χ0) is 21.3. The van der Waals surface area contributed by atoms with Gasteiger partial charge in [-0.15, -0.1) is 0 Å². The average Bonchev–Trinajstić information content (AvgIpc) is 3.32. The number of benzene rings is 2. The Morgan fingerprint density at radius 3 is 2.57 bits per heavy atom. The third kappa shape index (κ3) is 4.21. The first kappa shape index (κ1) is 20.5. The summed E-state index contributed by atoms with van der Waals surface area (Å²) in [6.07, 6.45) is 2.41. The van der Waals surface area contributed by atoms with Crippen LogP contribution in [0.5, 0.6) is 0 Å². The molecule has 2 N–H and O–H groups in total. The summed E-state index contributed by atoms with van der Waals surface area (Å²) in [5.41, 5.74) is 4.37. The van der Waals surface area contributed by atoms with Crippen LogP contribution < -0.4 is 10.2 Å². The van der Waals surface area contributed by atoms with E-state index in [-0.39, 0.29) is 23.3 Å². The molecular weight excluding hydrogens is 398 g/mol. The van der Waals surface area contributed by atoms with Gasteiger partial charge in [0.15, 0.2) is 9.84 Å². The first-order valence-electron chi connectivity index (χ1n) is 10.2. The minimum atomic E-state index is -3.09. The van der Waals surface area contributed by atoms with Gasteiger partial charge in [-0.1, -0.05) is 30.3 Å². The molecule has 1 saturated heterocycles. The Morgan fingerprint density at radius 2 is 1.90 bits per heavy atom. The number of para-hydroxylation sites is 1. The highest BCUT2D eigenvalue weighted by atomic mass is 32.2. The Morgan fingerprint density at radius 1 is 1.17 bits per heavy atom. The van der Waals surface area contributed by atoms with Crippen molar-refractivity contribution in [2.24, 2.45) is 5.92 Å². The number of carbonyl (C=O) groups excluding carboxylic acids is 1. The number of H-pyrrole nitrogens is 1. The van der Waals surface area contributed by atoms with E-state index in [1.165, 1.54) is 0 Å². The molecule has 6 nitrogen and oxygen atoms in total. The summed E-state index contributed by atoms with van der Waals surface area (Å²) in [5, 5.41) is 4.15. The number of rotatable bonds is 6. The molecule has 4 rings (SSSR count). The minimum Gasteiger partial charge on any atom is -0.378 e. The lowest BCUT2D eigenvalue weighted by molar-refractivity contribution is -0.124. The Labute approximate surface area is 177 Å². The molecule has 1 aliphatic heterocycles. The SMILES string of the molecule is CN(C)c1ccc([C@@H](CNC(=O)[C@@H]2CCS(=O)(=O)C2)c2c[nH]c3ccccc23)cc1. The summed E-state index contributed by atoms with van der Waals surface area (Å²) in [4.78, 5) is 18.0. The largest absolute Gasteiger partial charge is 0.378 e. The van der Waals surface area contributed by atoms with Crippen molar-refractivity contribution in [3.8, 4) is 0 Å².